The van der Waals surface area contributed by atoms with Crippen LogP contribution in [0.5, 0.6) is 0 Å². The summed E-state index contributed by atoms with van der Waals surface area (Å²) in [5.41, 5.74) is 2.06. The summed E-state index contributed by atoms with van der Waals surface area (Å²) in [6.45, 7) is 14.2. The molecule has 38 heavy (non-hydrogen) atoms. The van der Waals surface area contributed by atoms with Crippen LogP contribution < -0.4 is 0 Å². The van der Waals surface area contributed by atoms with Gasteiger partial charge in [0.05, 0.1) is 18.8 Å². The van der Waals surface area contributed by atoms with Crippen LogP contribution in [0.25, 0.3) is 0 Å². The lowest BCUT2D eigenvalue weighted by molar-refractivity contribution is -0.157. The van der Waals surface area contributed by atoms with E-state index in [0.717, 1.165) is 50.5 Å². The first kappa shape index (κ1) is 30.6. The lowest BCUT2D eigenvalue weighted by atomic mass is 9.61. The molecule has 0 bridgehead atoms. The van der Waals surface area contributed by atoms with Gasteiger partial charge in [0.25, 0.3) is 0 Å². The summed E-state index contributed by atoms with van der Waals surface area (Å²) in [6.07, 6.45) is 16.3. The van der Waals surface area contributed by atoms with Gasteiger partial charge in [-0.2, -0.15) is 0 Å². The predicted molar refractivity (Wildman–Crippen MR) is 152 cm³/mol. The largest absolute Gasteiger partial charge is 0.465 e. The fourth-order valence-corrected chi connectivity index (χ4v) is 6.95. The monoisotopic (exact) mass is 526 g/mol. The standard InChI is InChI=1S/C33H50O5/c1-7-8-9-19-38-31(37)32(4,5)30(36)17-12-22(2)26-15-16-27-25(11-10-18-33(26,27)6)14-13-24-20-28(34)23(3)29(35)21-24/h12-14,17,22,26-29,34-35H,3,7-11,15-16,18-21H2,1-2,4-6H3/b17-12+,25-14+/t22-,26-,27+,28-,29-,33-/m1/s1. The van der Waals surface area contributed by atoms with Crippen LogP contribution in [0.1, 0.15) is 98.8 Å². The molecule has 212 valence electrons. The van der Waals surface area contributed by atoms with Crippen molar-refractivity contribution in [1.82, 2.24) is 0 Å². The van der Waals surface area contributed by atoms with Crippen molar-refractivity contribution in [2.45, 2.75) is 111 Å². The average molecular weight is 527 g/mol. The fourth-order valence-electron chi connectivity index (χ4n) is 6.95. The highest BCUT2D eigenvalue weighted by molar-refractivity contribution is 6.08. The summed E-state index contributed by atoms with van der Waals surface area (Å²) in [6, 6.07) is 0. The number of allylic oxidation sites excluding steroid dienone is 5. The number of esters is 1. The third kappa shape index (κ3) is 6.77. The van der Waals surface area contributed by atoms with Crippen molar-refractivity contribution in [2.75, 3.05) is 6.61 Å². The minimum absolute atomic E-state index is 0.170. The van der Waals surface area contributed by atoms with E-state index in [1.54, 1.807) is 19.9 Å². The summed E-state index contributed by atoms with van der Waals surface area (Å²) in [5, 5.41) is 20.4. The number of fused-ring (bicyclic) bond motifs is 1. The van der Waals surface area contributed by atoms with E-state index < -0.39 is 23.6 Å². The maximum atomic E-state index is 13.0. The Morgan fingerprint density at radius 1 is 1.16 bits per heavy atom. The van der Waals surface area contributed by atoms with E-state index in [1.165, 1.54) is 12.0 Å². The van der Waals surface area contributed by atoms with Crippen LogP contribution in [0.15, 0.2) is 47.6 Å². The van der Waals surface area contributed by atoms with Crippen LogP contribution in [-0.4, -0.2) is 40.8 Å². The molecule has 0 aromatic rings. The maximum absolute atomic E-state index is 13.0. The van der Waals surface area contributed by atoms with Gasteiger partial charge in [-0.15, -0.1) is 0 Å². The van der Waals surface area contributed by atoms with Crippen molar-refractivity contribution in [2.24, 2.45) is 28.6 Å². The molecule has 5 nitrogen and oxygen atoms in total. The topological polar surface area (TPSA) is 83.8 Å². The fraction of sp³-hybridized carbons (Fsp3) is 0.697. The van der Waals surface area contributed by atoms with Gasteiger partial charge in [0.1, 0.15) is 5.41 Å². The summed E-state index contributed by atoms with van der Waals surface area (Å²) >= 11 is 0. The molecule has 3 rings (SSSR count). The molecule has 3 aliphatic rings. The highest BCUT2D eigenvalue weighted by atomic mass is 16.5. The van der Waals surface area contributed by atoms with Crippen molar-refractivity contribution >= 4 is 11.8 Å². The third-order valence-electron chi connectivity index (χ3n) is 9.63. The number of carbonyl (C=O) groups is 2. The van der Waals surface area contributed by atoms with Gasteiger partial charge < -0.3 is 14.9 Å². The van der Waals surface area contributed by atoms with Crippen LogP contribution in [0.3, 0.4) is 0 Å². The Balaban J connectivity index is 1.65. The van der Waals surface area contributed by atoms with E-state index in [2.05, 4.69) is 39.5 Å². The Labute approximate surface area is 230 Å². The Morgan fingerprint density at radius 2 is 1.84 bits per heavy atom. The van der Waals surface area contributed by atoms with E-state index in [0.29, 0.717) is 36.9 Å². The first-order chi connectivity index (χ1) is 17.9. The molecule has 3 aliphatic carbocycles. The third-order valence-corrected chi connectivity index (χ3v) is 9.63. The van der Waals surface area contributed by atoms with Gasteiger partial charge in [0.2, 0.25) is 0 Å². The Morgan fingerprint density at radius 3 is 2.50 bits per heavy atom. The van der Waals surface area contributed by atoms with Crippen molar-refractivity contribution in [1.29, 1.82) is 0 Å². The van der Waals surface area contributed by atoms with Gasteiger partial charge in [0.15, 0.2) is 5.78 Å². The highest BCUT2D eigenvalue weighted by Crippen LogP contribution is 2.59. The Kier molecular flexibility index (Phi) is 10.4. The molecule has 0 radical (unpaired) electrons. The molecule has 0 unspecified atom stereocenters. The molecular weight excluding hydrogens is 476 g/mol. The number of ketones is 1. The van der Waals surface area contributed by atoms with E-state index >= 15 is 0 Å². The lowest BCUT2D eigenvalue weighted by Crippen LogP contribution is -2.36. The zero-order valence-corrected chi connectivity index (χ0v) is 24.3. The summed E-state index contributed by atoms with van der Waals surface area (Å²) in [4.78, 5) is 25.5. The second-order valence-corrected chi connectivity index (χ2v) is 12.7. The first-order valence-electron chi connectivity index (χ1n) is 14.7. The Bertz CT molecular complexity index is 954. The van der Waals surface area contributed by atoms with Gasteiger partial charge in [-0.1, -0.05) is 69.6 Å². The molecule has 0 amide bonds. The number of hydrogen-bond acceptors (Lipinski definition) is 5. The van der Waals surface area contributed by atoms with Gasteiger partial charge in [0, 0.05) is 0 Å². The van der Waals surface area contributed by atoms with Crippen LogP contribution in [0.2, 0.25) is 0 Å². The minimum Gasteiger partial charge on any atom is -0.465 e. The van der Waals surface area contributed by atoms with Crippen LogP contribution >= 0.6 is 0 Å². The zero-order chi connectivity index (χ0) is 28.1. The van der Waals surface area contributed by atoms with Crippen molar-refractivity contribution in [3.8, 4) is 0 Å². The molecule has 0 heterocycles. The second kappa shape index (κ2) is 12.9. The quantitative estimate of drug-likeness (QED) is 0.109. The van der Waals surface area contributed by atoms with E-state index in [-0.39, 0.29) is 17.1 Å². The second-order valence-electron chi connectivity index (χ2n) is 12.7. The van der Waals surface area contributed by atoms with Crippen molar-refractivity contribution in [3.05, 3.63) is 47.6 Å². The molecule has 0 aliphatic heterocycles. The molecule has 0 aromatic heterocycles. The van der Waals surface area contributed by atoms with Crippen molar-refractivity contribution < 1.29 is 24.5 Å². The van der Waals surface area contributed by atoms with Gasteiger partial charge in [-0.3, -0.25) is 9.59 Å². The van der Waals surface area contributed by atoms with Gasteiger partial charge >= 0.3 is 5.97 Å². The highest BCUT2D eigenvalue weighted by Gasteiger charge is 2.50. The molecule has 3 fully saturated rings. The number of rotatable bonds is 10. The molecule has 3 saturated carbocycles. The molecule has 5 heteroatoms. The molecular formula is C33H50O5. The number of aliphatic hydroxyl groups is 2. The molecule has 2 N–H and O–H groups in total. The first-order valence-corrected chi connectivity index (χ1v) is 14.7. The Hall–Kier alpha value is -1.98. The number of aliphatic hydroxyl groups excluding tert-OH is 2. The predicted octanol–water partition coefficient (Wildman–Crippen LogP) is 6.65. The van der Waals surface area contributed by atoms with E-state index in [9.17, 15) is 19.8 Å². The minimum atomic E-state index is -1.18. The van der Waals surface area contributed by atoms with Gasteiger partial charge in [-0.05, 0) is 100 Å². The van der Waals surface area contributed by atoms with E-state index in [4.69, 9.17) is 4.74 Å². The molecule has 0 aromatic carbocycles. The van der Waals surface area contributed by atoms with Gasteiger partial charge in [-0.25, -0.2) is 0 Å². The lowest BCUT2D eigenvalue weighted by Gasteiger charge is -2.44. The average Bonchev–Trinajstić information content (AvgIpc) is 3.24. The number of hydrogen-bond donors (Lipinski definition) is 2. The summed E-state index contributed by atoms with van der Waals surface area (Å²) < 4.78 is 5.38. The summed E-state index contributed by atoms with van der Waals surface area (Å²) in [5.74, 6) is 0.575. The molecule has 0 spiro atoms. The zero-order valence-electron chi connectivity index (χ0n) is 24.3. The van der Waals surface area contributed by atoms with Crippen LogP contribution in [0.4, 0.5) is 0 Å². The van der Waals surface area contributed by atoms with E-state index in [1.807, 2.05) is 6.08 Å². The summed E-state index contributed by atoms with van der Waals surface area (Å²) in [7, 11) is 0. The SMILES string of the molecule is C=C1[C@H](O)CC(=C/C=C2\CCC[C@]3(C)[C@@H]([C@H](C)/C=C/C(=O)C(C)(C)C(=O)OCCCCC)CC[C@@H]23)C[C@H]1O. The van der Waals surface area contributed by atoms with Crippen molar-refractivity contribution in [3.63, 3.8) is 0 Å². The normalized spacial score (nSPS) is 31.9. The van der Waals surface area contributed by atoms with Crippen LogP contribution in [0, 0.1) is 28.6 Å². The number of carbonyl (C=O) groups excluding carboxylic acids is 2. The smallest absolute Gasteiger partial charge is 0.319 e. The van der Waals surface area contributed by atoms with Crippen LogP contribution in [-0.2, 0) is 14.3 Å². The number of ether oxygens (including phenoxy) is 1. The molecule has 0 saturated heterocycles. The number of unbranched alkanes of at least 4 members (excludes halogenated alkanes) is 2. The molecule has 6 atom stereocenters. The maximum Gasteiger partial charge on any atom is 0.319 e.